The van der Waals surface area contributed by atoms with Crippen LogP contribution in [-0.4, -0.2) is 23.5 Å². The van der Waals surface area contributed by atoms with E-state index in [1.165, 1.54) is 32.1 Å². The molecule has 1 saturated carbocycles. The maximum absolute atomic E-state index is 11.8. The lowest BCUT2D eigenvalue weighted by Crippen LogP contribution is -2.28. The van der Waals surface area contributed by atoms with Crippen LogP contribution in [0.25, 0.3) is 0 Å². The Morgan fingerprint density at radius 3 is 2.50 bits per heavy atom. The van der Waals surface area contributed by atoms with Gasteiger partial charge in [0.1, 0.15) is 0 Å². The molecule has 0 saturated heterocycles. The summed E-state index contributed by atoms with van der Waals surface area (Å²) in [5.41, 5.74) is 0. The Bertz CT molecular complexity index is 298. The van der Waals surface area contributed by atoms with E-state index in [2.05, 4.69) is 12.2 Å². The van der Waals surface area contributed by atoms with E-state index in [9.17, 15) is 9.59 Å². The zero-order valence-corrected chi connectivity index (χ0v) is 12.7. The number of hydrogen-bond donors (Lipinski definition) is 2. The molecule has 20 heavy (non-hydrogen) atoms. The van der Waals surface area contributed by atoms with Crippen molar-refractivity contribution in [1.82, 2.24) is 5.32 Å². The van der Waals surface area contributed by atoms with Gasteiger partial charge in [-0.15, -0.1) is 0 Å². The third kappa shape index (κ3) is 7.51. The highest BCUT2D eigenvalue weighted by Crippen LogP contribution is 2.31. The van der Waals surface area contributed by atoms with Gasteiger partial charge in [0.25, 0.3) is 0 Å². The Morgan fingerprint density at radius 2 is 1.85 bits per heavy atom. The fourth-order valence-electron chi connectivity index (χ4n) is 3.04. The topological polar surface area (TPSA) is 66.4 Å². The first-order chi connectivity index (χ1) is 9.59. The molecule has 0 aromatic carbocycles. The summed E-state index contributed by atoms with van der Waals surface area (Å²) >= 11 is 0. The Labute approximate surface area is 122 Å². The van der Waals surface area contributed by atoms with Crippen LogP contribution in [0.5, 0.6) is 0 Å². The second kappa shape index (κ2) is 9.78. The molecule has 1 unspecified atom stereocenters. The summed E-state index contributed by atoms with van der Waals surface area (Å²) in [6.45, 7) is 2.87. The Kier molecular flexibility index (Phi) is 8.31. The summed E-state index contributed by atoms with van der Waals surface area (Å²) in [5.74, 6) is 0.629. The van der Waals surface area contributed by atoms with Crippen molar-refractivity contribution in [3.8, 4) is 0 Å². The molecular formula is C16H29NO3. The van der Waals surface area contributed by atoms with E-state index in [4.69, 9.17) is 5.11 Å². The third-order valence-electron chi connectivity index (χ3n) is 4.35. The molecule has 0 bridgehead atoms. The molecule has 4 heteroatoms. The molecule has 0 aromatic rings. The van der Waals surface area contributed by atoms with Crippen molar-refractivity contribution >= 4 is 11.9 Å². The van der Waals surface area contributed by atoms with Crippen LogP contribution in [0.1, 0.15) is 71.1 Å². The maximum Gasteiger partial charge on any atom is 0.303 e. The number of amides is 1. The van der Waals surface area contributed by atoms with Gasteiger partial charge >= 0.3 is 5.97 Å². The minimum absolute atomic E-state index is 0.154. The van der Waals surface area contributed by atoms with Crippen LogP contribution in [-0.2, 0) is 9.59 Å². The Hall–Kier alpha value is -1.06. The molecule has 0 aromatic heterocycles. The number of carboxylic acids is 1. The summed E-state index contributed by atoms with van der Waals surface area (Å²) in [4.78, 5) is 22.2. The lowest BCUT2D eigenvalue weighted by atomic mass is 9.79. The second-order valence-corrected chi connectivity index (χ2v) is 6.13. The Morgan fingerprint density at radius 1 is 1.15 bits per heavy atom. The molecule has 1 rings (SSSR count). The highest BCUT2D eigenvalue weighted by atomic mass is 16.4. The number of hydrogen-bond acceptors (Lipinski definition) is 2. The van der Waals surface area contributed by atoms with E-state index in [0.29, 0.717) is 25.3 Å². The fourth-order valence-corrected chi connectivity index (χ4v) is 3.04. The zero-order valence-electron chi connectivity index (χ0n) is 12.7. The summed E-state index contributed by atoms with van der Waals surface area (Å²) in [6.07, 6.45) is 9.86. The quantitative estimate of drug-likeness (QED) is 0.638. The number of carbonyl (C=O) groups is 2. The first kappa shape index (κ1) is 17.0. The van der Waals surface area contributed by atoms with Crippen molar-refractivity contribution in [1.29, 1.82) is 0 Å². The summed E-state index contributed by atoms with van der Waals surface area (Å²) in [7, 11) is 0. The van der Waals surface area contributed by atoms with Gasteiger partial charge in [-0.1, -0.05) is 45.4 Å². The van der Waals surface area contributed by atoms with Gasteiger partial charge in [-0.3, -0.25) is 9.59 Å². The molecule has 2 N–H and O–H groups in total. The smallest absolute Gasteiger partial charge is 0.303 e. The molecule has 1 amide bonds. The Balaban J connectivity index is 2.03. The average molecular weight is 283 g/mol. The van der Waals surface area contributed by atoms with Crippen molar-refractivity contribution in [2.24, 2.45) is 11.8 Å². The van der Waals surface area contributed by atoms with Gasteiger partial charge in [0.15, 0.2) is 0 Å². The van der Waals surface area contributed by atoms with Gasteiger partial charge in [-0.25, -0.2) is 0 Å². The van der Waals surface area contributed by atoms with Crippen molar-refractivity contribution in [2.45, 2.75) is 71.1 Å². The molecule has 1 atom stereocenters. The van der Waals surface area contributed by atoms with Gasteiger partial charge in [-0.2, -0.15) is 0 Å². The van der Waals surface area contributed by atoms with E-state index >= 15 is 0 Å². The van der Waals surface area contributed by atoms with E-state index in [-0.39, 0.29) is 12.3 Å². The largest absolute Gasteiger partial charge is 0.481 e. The molecule has 0 radical (unpaired) electrons. The van der Waals surface area contributed by atoms with Crippen molar-refractivity contribution in [2.75, 3.05) is 6.54 Å². The normalized spacial score (nSPS) is 17.6. The highest BCUT2D eigenvalue weighted by molar-refractivity contribution is 5.76. The molecule has 1 aliphatic rings. The monoisotopic (exact) mass is 283 g/mol. The van der Waals surface area contributed by atoms with Crippen LogP contribution >= 0.6 is 0 Å². The average Bonchev–Trinajstić information content (AvgIpc) is 2.43. The predicted octanol–water partition coefficient (Wildman–Crippen LogP) is 3.35. The number of nitrogens with one attached hydrogen (secondary N) is 1. The summed E-state index contributed by atoms with van der Waals surface area (Å²) < 4.78 is 0. The van der Waals surface area contributed by atoms with Crippen LogP contribution in [0, 0.1) is 11.8 Å². The second-order valence-electron chi connectivity index (χ2n) is 6.13. The van der Waals surface area contributed by atoms with Gasteiger partial charge in [-0.05, 0) is 24.7 Å². The van der Waals surface area contributed by atoms with Gasteiger partial charge < -0.3 is 10.4 Å². The lowest BCUT2D eigenvalue weighted by Gasteiger charge is -2.27. The first-order valence-electron chi connectivity index (χ1n) is 8.08. The van der Waals surface area contributed by atoms with E-state index in [1.807, 2.05) is 0 Å². The number of unbranched alkanes of at least 4 members (excludes halogenated alkanes) is 2. The SMILES string of the molecule is CC(CC(=O)NCCCCCC(=O)O)C1CCCCC1. The standard InChI is InChI=1S/C16H29NO3/c1-13(14-8-4-2-5-9-14)12-15(18)17-11-7-3-6-10-16(19)20/h13-14H,2-12H2,1H3,(H,17,18)(H,19,20). The molecule has 0 heterocycles. The molecule has 0 aliphatic heterocycles. The van der Waals surface area contributed by atoms with Crippen LogP contribution in [0.4, 0.5) is 0 Å². The highest BCUT2D eigenvalue weighted by Gasteiger charge is 2.21. The minimum Gasteiger partial charge on any atom is -0.481 e. The maximum atomic E-state index is 11.8. The number of aliphatic carboxylic acids is 1. The van der Waals surface area contributed by atoms with Crippen LogP contribution in [0.2, 0.25) is 0 Å². The van der Waals surface area contributed by atoms with Crippen molar-refractivity contribution < 1.29 is 14.7 Å². The molecule has 0 spiro atoms. The first-order valence-corrected chi connectivity index (χ1v) is 8.08. The van der Waals surface area contributed by atoms with Gasteiger partial charge in [0, 0.05) is 19.4 Å². The molecule has 4 nitrogen and oxygen atoms in total. The molecular weight excluding hydrogens is 254 g/mol. The lowest BCUT2D eigenvalue weighted by molar-refractivity contribution is -0.137. The third-order valence-corrected chi connectivity index (χ3v) is 4.35. The number of carboxylic acid groups (broad SMARTS) is 1. The van der Waals surface area contributed by atoms with Crippen LogP contribution in [0.15, 0.2) is 0 Å². The van der Waals surface area contributed by atoms with Crippen LogP contribution < -0.4 is 5.32 Å². The number of carbonyl (C=O) groups excluding carboxylic acids is 1. The summed E-state index contributed by atoms with van der Waals surface area (Å²) in [6, 6.07) is 0. The van der Waals surface area contributed by atoms with Crippen molar-refractivity contribution in [3.63, 3.8) is 0 Å². The van der Waals surface area contributed by atoms with E-state index in [0.717, 1.165) is 18.8 Å². The minimum atomic E-state index is -0.740. The van der Waals surface area contributed by atoms with Gasteiger partial charge in [0.05, 0.1) is 0 Å². The van der Waals surface area contributed by atoms with E-state index < -0.39 is 5.97 Å². The molecule has 116 valence electrons. The van der Waals surface area contributed by atoms with E-state index in [1.54, 1.807) is 0 Å². The zero-order chi connectivity index (χ0) is 14.8. The fraction of sp³-hybridized carbons (Fsp3) is 0.875. The molecule has 1 aliphatic carbocycles. The van der Waals surface area contributed by atoms with Crippen LogP contribution in [0.3, 0.4) is 0 Å². The predicted molar refractivity (Wildman–Crippen MR) is 79.5 cm³/mol. The summed E-state index contributed by atoms with van der Waals surface area (Å²) in [5, 5.41) is 11.5. The number of rotatable bonds is 9. The van der Waals surface area contributed by atoms with Gasteiger partial charge in [0.2, 0.25) is 5.91 Å². The van der Waals surface area contributed by atoms with Crippen molar-refractivity contribution in [3.05, 3.63) is 0 Å². The molecule has 1 fully saturated rings.